The predicted octanol–water partition coefficient (Wildman–Crippen LogP) is 3.04. The van der Waals surface area contributed by atoms with Gasteiger partial charge in [0.05, 0.1) is 6.10 Å². The van der Waals surface area contributed by atoms with Gasteiger partial charge in [-0.2, -0.15) is 0 Å². The smallest absolute Gasteiger partial charge is 0.331 e. The summed E-state index contributed by atoms with van der Waals surface area (Å²) in [6.07, 6.45) is 9.59. The Bertz CT molecular complexity index is 874. The molecule has 9 atom stereocenters. The van der Waals surface area contributed by atoms with Crippen molar-refractivity contribution >= 4 is 11.8 Å². The second-order valence-corrected chi connectivity index (χ2v) is 10.9. The van der Waals surface area contributed by atoms with Crippen molar-refractivity contribution in [2.24, 2.45) is 23.2 Å². The zero-order chi connectivity index (χ0) is 20.3. The van der Waals surface area contributed by atoms with Crippen LogP contribution in [0.25, 0.3) is 0 Å². The van der Waals surface area contributed by atoms with Crippen molar-refractivity contribution in [3.63, 3.8) is 0 Å². The number of carbonyl (C=O) groups is 2. The van der Waals surface area contributed by atoms with Crippen LogP contribution < -0.4 is 0 Å². The summed E-state index contributed by atoms with van der Waals surface area (Å²) in [6.45, 7) is 6.05. The minimum Gasteiger partial charge on any atom is -0.456 e. The number of carbonyl (C=O) groups excluding carboxylic acids is 2. The summed E-state index contributed by atoms with van der Waals surface area (Å²) in [4.78, 5) is 28.2. The van der Waals surface area contributed by atoms with Crippen LogP contribution in [0.1, 0.15) is 52.9 Å². The van der Waals surface area contributed by atoms with Crippen LogP contribution in [-0.2, 0) is 19.1 Å². The number of allylic oxidation sites excluding steroid dienone is 3. The molecule has 29 heavy (non-hydrogen) atoms. The van der Waals surface area contributed by atoms with Gasteiger partial charge >= 0.3 is 5.97 Å². The average molecular weight is 398 g/mol. The second kappa shape index (κ2) is 5.42. The van der Waals surface area contributed by atoms with E-state index < -0.39 is 5.60 Å². The quantitative estimate of drug-likeness (QED) is 0.416. The van der Waals surface area contributed by atoms with Gasteiger partial charge in [-0.15, -0.1) is 0 Å². The van der Waals surface area contributed by atoms with Gasteiger partial charge in [0.1, 0.15) is 11.7 Å². The van der Waals surface area contributed by atoms with Gasteiger partial charge in [-0.1, -0.05) is 17.7 Å². The number of Topliss-reactive ketones (excluding diaryl/α,β-unsaturated/α-hetero) is 1. The van der Waals surface area contributed by atoms with E-state index in [1.807, 2.05) is 19.9 Å². The summed E-state index contributed by atoms with van der Waals surface area (Å²) in [5, 5.41) is 0. The SMILES string of the molecule is CC(C)=C/C=C/C(=O)OC1CCC2C[C@@H]3[C@@H]4C5(CC(=O)[C@]6(C)OC1C2[C@]46C5)N3C. The minimum absolute atomic E-state index is 0.0317. The summed E-state index contributed by atoms with van der Waals surface area (Å²) in [7, 11) is 2.23. The Morgan fingerprint density at radius 1 is 1.31 bits per heavy atom. The topological polar surface area (TPSA) is 55.8 Å². The second-order valence-electron chi connectivity index (χ2n) is 10.9. The summed E-state index contributed by atoms with van der Waals surface area (Å²) in [5.41, 5.74) is 0.510. The van der Waals surface area contributed by atoms with Crippen LogP contribution >= 0.6 is 0 Å². The number of ketones is 1. The number of ether oxygens (including phenoxy) is 2. The first-order chi connectivity index (χ1) is 13.7. The maximum Gasteiger partial charge on any atom is 0.331 e. The van der Waals surface area contributed by atoms with Crippen molar-refractivity contribution in [3.8, 4) is 0 Å². The Morgan fingerprint density at radius 2 is 2.10 bits per heavy atom. The fourth-order valence-electron chi connectivity index (χ4n) is 8.74. The van der Waals surface area contributed by atoms with Crippen LogP contribution in [0.15, 0.2) is 23.8 Å². The molecule has 1 spiro atoms. The first kappa shape index (κ1) is 18.3. The van der Waals surface area contributed by atoms with Crippen LogP contribution in [0.3, 0.4) is 0 Å². The molecule has 0 aromatic carbocycles. The molecule has 6 aliphatic rings. The Balaban J connectivity index is 1.32. The van der Waals surface area contributed by atoms with Crippen molar-refractivity contribution in [3.05, 3.63) is 23.8 Å². The first-order valence-electron chi connectivity index (χ1n) is 11.2. The third-order valence-electron chi connectivity index (χ3n) is 9.69. The Hall–Kier alpha value is -1.46. The maximum atomic E-state index is 13.3. The number of rotatable bonds is 3. The van der Waals surface area contributed by atoms with Crippen molar-refractivity contribution < 1.29 is 19.1 Å². The molecule has 5 nitrogen and oxygen atoms in total. The molecule has 6 fully saturated rings. The molecule has 5 heteroatoms. The number of likely N-dealkylation sites (tertiary alicyclic amines) is 1. The summed E-state index contributed by atoms with van der Waals surface area (Å²) >= 11 is 0. The minimum atomic E-state index is -0.695. The molecule has 0 aromatic rings. The first-order valence-corrected chi connectivity index (χ1v) is 11.2. The normalized spacial score (nSPS) is 53.7. The van der Waals surface area contributed by atoms with E-state index in [4.69, 9.17) is 9.47 Å². The van der Waals surface area contributed by atoms with Gasteiger partial charge in [0.15, 0.2) is 5.78 Å². The number of nitrogens with zero attached hydrogens (tertiary/aromatic N) is 1. The molecule has 4 aliphatic carbocycles. The molecule has 0 aromatic heterocycles. The number of hydrogen-bond acceptors (Lipinski definition) is 5. The van der Waals surface area contributed by atoms with E-state index in [1.165, 1.54) is 12.5 Å². The molecular weight excluding hydrogens is 366 g/mol. The van der Waals surface area contributed by atoms with Crippen molar-refractivity contribution in [1.29, 1.82) is 0 Å². The fourth-order valence-corrected chi connectivity index (χ4v) is 8.74. The van der Waals surface area contributed by atoms with Crippen molar-refractivity contribution in [2.75, 3.05) is 7.05 Å². The number of piperidine rings is 1. The number of hydrogen-bond donors (Lipinski definition) is 0. The molecule has 0 radical (unpaired) electrons. The zero-order valence-electron chi connectivity index (χ0n) is 17.8. The highest BCUT2D eigenvalue weighted by atomic mass is 16.6. The Kier molecular flexibility index (Phi) is 3.42. The fraction of sp³-hybridized carbons (Fsp3) is 0.750. The molecule has 6 rings (SSSR count). The van der Waals surface area contributed by atoms with Crippen molar-refractivity contribution in [2.45, 2.75) is 82.3 Å². The van der Waals surface area contributed by atoms with E-state index >= 15 is 0 Å². The van der Waals surface area contributed by atoms with Crippen LogP contribution in [0.4, 0.5) is 0 Å². The lowest BCUT2D eigenvalue weighted by Gasteiger charge is -2.85. The van der Waals surface area contributed by atoms with Gasteiger partial charge in [0.25, 0.3) is 0 Å². The standard InChI is InChI=1S/C24H31NO4/c1-13(2)6-5-7-18(27)28-16-9-8-14-10-15-21-23(25(15)4)11-17(26)22(3)24(21,12-23)19(14)20(16)29-22/h5-7,14-16,19-21H,8-12H2,1-4H3/b7-5+/t14?,15-,16?,19?,20?,21-,22+,23?,24-/m1/s1. The van der Waals surface area contributed by atoms with Crippen LogP contribution in [0, 0.1) is 23.2 Å². The Labute approximate surface area is 172 Å². The van der Waals surface area contributed by atoms with E-state index in [0.29, 0.717) is 30.2 Å². The molecule has 5 unspecified atom stereocenters. The van der Waals surface area contributed by atoms with Gasteiger partial charge in [-0.25, -0.2) is 4.79 Å². The summed E-state index contributed by atoms with van der Waals surface area (Å²) in [6, 6.07) is 0.603. The lowest BCUT2D eigenvalue weighted by molar-refractivity contribution is -0.353. The maximum absolute atomic E-state index is 13.3. The highest BCUT2D eigenvalue weighted by Crippen LogP contribution is 2.84. The van der Waals surface area contributed by atoms with Gasteiger partial charge in [0.2, 0.25) is 0 Å². The van der Waals surface area contributed by atoms with Gasteiger partial charge in [0, 0.05) is 41.3 Å². The third kappa shape index (κ3) is 1.87. The van der Waals surface area contributed by atoms with E-state index in [1.54, 1.807) is 6.08 Å². The largest absolute Gasteiger partial charge is 0.456 e. The van der Waals surface area contributed by atoms with Gasteiger partial charge in [-0.3, -0.25) is 9.69 Å². The van der Waals surface area contributed by atoms with Crippen molar-refractivity contribution in [1.82, 2.24) is 4.90 Å². The molecule has 2 saturated heterocycles. The lowest BCUT2D eigenvalue weighted by Crippen LogP contribution is -2.93. The third-order valence-corrected chi connectivity index (χ3v) is 9.69. The lowest BCUT2D eigenvalue weighted by atomic mass is 9.26. The van der Waals surface area contributed by atoms with Gasteiger partial charge in [-0.05, 0) is 59.4 Å². The van der Waals surface area contributed by atoms with Crippen LogP contribution in [0.5, 0.6) is 0 Å². The molecule has 0 N–H and O–H groups in total. The van der Waals surface area contributed by atoms with Crippen LogP contribution in [-0.4, -0.2) is 53.1 Å². The molecule has 2 heterocycles. The monoisotopic (exact) mass is 397 g/mol. The highest BCUT2D eigenvalue weighted by Gasteiger charge is 2.91. The van der Waals surface area contributed by atoms with E-state index in [0.717, 1.165) is 24.8 Å². The zero-order valence-corrected chi connectivity index (χ0v) is 17.8. The summed E-state index contributed by atoms with van der Waals surface area (Å²) < 4.78 is 12.6. The average Bonchev–Trinajstić information content (AvgIpc) is 2.94. The van der Waals surface area contributed by atoms with E-state index in [2.05, 4.69) is 18.9 Å². The predicted molar refractivity (Wildman–Crippen MR) is 107 cm³/mol. The molecule has 2 aliphatic heterocycles. The van der Waals surface area contributed by atoms with Crippen LogP contribution in [0.2, 0.25) is 0 Å². The number of esters is 1. The molecule has 2 bridgehead atoms. The molecule has 0 amide bonds. The van der Waals surface area contributed by atoms with E-state index in [-0.39, 0.29) is 34.9 Å². The summed E-state index contributed by atoms with van der Waals surface area (Å²) in [5.74, 6) is 1.48. The van der Waals surface area contributed by atoms with Gasteiger partial charge < -0.3 is 9.47 Å². The Morgan fingerprint density at radius 3 is 2.86 bits per heavy atom. The highest BCUT2D eigenvalue weighted by molar-refractivity contribution is 5.93. The molecule has 4 saturated carbocycles. The molecular formula is C24H31NO4. The van der Waals surface area contributed by atoms with E-state index in [9.17, 15) is 9.59 Å². The molecule has 156 valence electrons.